The van der Waals surface area contributed by atoms with E-state index in [9.17, 15) is 37.1 Å². The van der Waals surface area contributed by atoms with Gasteiger partial charge in [0, 0.05) is 42.5 Å². The number of likely N-dealkylation sites (tertiary alicyclic amines) is 1. The number of benzene rings is 2. The van der Waals surface area contributed by atoms with E-state index in [0.29, 0.717) is 19.2 Å². The third-order valence-corrected chi connectivity index (χ3v) is 9.68. The first-order chi connectivity index (χ1) is 24.4. The highest BCUT2D eigenvalue weighted by Gasteiger charge is 2.40. The molecule has 0 aliphatic carbocycles. The fourth-order valence-electron chi connectivity index (χ4n) is 7.36. The summed E-state index contributed by atoms with van der Waals surface area (Å²) in [5.41, 5.74) is -3.39. The third kappa shape index (κ3) is 8.05. The zero-order valence-corrected chi connectivity index (χ0v) is 29.0. The second kappa shape index (κ2) is 15.2. The third-order valence-electron chi connectivity index (χ3n) is 9.68. The first-order valence-corrected chi connectivity index (χ1v) is 16.8. The van der Waals surface area contributed by atoms with Gasteiger partial charge in [-0.15, -0.1) is 6.42 Å². The van der Waals surface area contributed by atoms with Gasteiger partial charge in [-0.3, -0.25) is 19.3 Å². The summed E-state index contributed by atoms with van der Waals surface area (Å²) in [6.07, 6.45) is 1.22. The molecule has 2 aliphatic rings. The maximum Gasteiger partial charge on any atom is 0.416 e. The van der Waals surface area contributed by atoms with E-state index >= 15 is 8.78 Å². The lowest BCUT2D eigenvalue weighted by Gasteiger charge is -2.28. The Balaban J connectivity index is 1.57. The van der Waals surface area contributed by atoms with Crippen LogP contribution in [0, 0.1) is 49.6 Å². The van der Waals surface area contributed by atoms with Crippen molar-refractivity contribution in [1.82, 2.24) is 14.8 Å². The number of nitrogens with one attached hydrogen (secondary N) is 1. The van der Waals surface area contributed by atoms with Gasteiger partial charge in [-0.05, 0) is 79.5 Å². The lowest BCUT2D eigenvalue weighted by molar-refractivity contribution is -0.139. The van der Waals surface area contributed by atoms with Crippen molar-refractivity contribution in [3.8, 4) is 23.5 Å². The number of aryl methyl sites for hydroxylation is 2. The van der Waals surface area contributed by atoms with Crippen molar-refractivity contribution in [2.75, 3.05) is 19.7 Å². The number of fused-ring (bicyclic) bond motifs is 2. The second-order valence-electron chi connectivity index (χ2n) is 13.9. The molecule has 2 N–H and O–H groups in total. The average Bonchev–Trinajstić information content (AvgIpc) is 3.66. The number of carbonyl (C=O) groups excluding carboxylic acids is 1. The highest BCUT2D eigenvalue weighted by molar-refractivity contribution is 5.82. The van der Waals surface area contributed by atoms with Crippen molar-refractivity contribution in [2.24, 2.45) is 5.92 Å². The summed E-state index contributed by atoms with van der Waals surface area (Å²) < 4.78 is 95.6. The van der Waals surface area contributed by atoms with Gasteiger partial charge in [-0.1, -0.05) is 19.8 Å². The zero-order chi connectivity index (χ0) is 38.2. The maximum absolute atomic E-state index is 16.5. The molecule has 0 saturated carbocycles. The molecule has 52 heavy (non-hydrogen) atoms. The Morgan fingerprint density at radius 2 is 1.77 bits per heavy atom. The number of aliphatic carboxylic acids is 1. The summed E-state index contributed by atoms with van der Waals surface area (Å²) in [4.78, 5) is 41.5. The number of amides is 1. The fourth-order valence-corrected chi connectivity index (χ4v) is 7.36. The second-order valence-corrected chi connectivity index (χ2v) is 13.9. The Bertz CT molecular complexity index is 1960. The van der Waals surface area contributed by atoms with Gasteiger partial charge in [0.05, 0.1) is 36.3 Å². The molecule has 14 heteroatoms. The van der Waals surface area contributed by atoms with Crippen molar-refractivity contribution >= 4 is 11.9 Å². The number of carboxylic acid groups (broad SMARTS) is 1. The largest absolute Gasteiger partial charge is 0.481 e. The van der Waals surface area contributed by atoms with E-state index in [4.69, 9.17) is 11.2 Å². The Morgan fingerprint density at radius 3 is 2.31 bits per heavy atom. The number of hydrogen-bond acceptors (Lipinski definition) is 5. The molecular formula is C38H39F6N3O5. The predicted molar refractivity (Wildman–Crippen MR) is 180 cm³/mol. The molecule has 2 fully saturated rings. The Morgan fingerprint density at radius 1 is 1.10 bits per heavy atom. The number of halogens is 6. The van der Waals surface area contributed by atoms with Crippen molar-refractivity contribution in [2.45, 2.75) is 83.8 Å². The van der Waals surface area contributed by atoms with Crippen LogP contribution in [0.2, 0.25) is 0 Å². The normalized spacial score (nSPS) is 18.4. The van der Waals surface area contributed by atoms with Crippen LogP contribution in [0.1, 0.15) is 78.6 Å². The van der Waals surface area contributed by atoms with Crippen LogP contribution in [0.15, 0.2) is 35.3 Å². The number of nitrogens with zero attached hydrogens (tertiary/aromatic N) is 2. The molecule has 4 atom stereocenters. The van der Waals surface area contributed by atoms with Gasteiger partial charge in [0.25, 0.3) is 5.56 Å². The lowest BCUT2D eigenvalue weighted by Crippen LogP contribution is -2.41. The summed E-state index contributed by atoms with van der Waals surface area (Å²) in [5.74, 6) is -3.99. The highest BCUT2D eigenvalue weighted by atomic mass is 19.4. The Labute approximate surface area is 296 Å². The number of hydrogen-bond donors (Lipinski definition) is 2. The molecule has 3 aromatic rings. The molecule has 2 aromatic carbocycles. The minimum Gasteiger partial charge on any atom is -0.481 e. The topological polar surface area (TPSA) is 101 Å². The van der Waals surface area contributed by atoms with Crippen LogP contribution >= 0.6 is 0 Å². The molecule has 1 aromatic heterocycles. The smallest absolute Gasteiger partial charge is 0.416 e. The minimum absolute atomic E-state index is 0.00900. The number of carbonyl (C=O) groups is 2. The number of ether oxygens (including phenoxy) is 1. The number of carboxylic acids is 1. The molecule has 2 aliphatic heterocycles. The quantitative estimate of drug-likeness (QED) is 0.163. The number of terminal acetylenes is 1. The van der Waals surface area contributed by atoms with Gasteiger partial charge in [0.2, 0.25) is 5.91 Å². The first kappa shape index (κ1) is 38.6. The molecule has 0 spiro atoms. The van der Waals surface area contributed by atoms with Crippen LogP contribution in [0.25, 0.3) is 11.1 Å². The average molecular weight is 732 g/mol. The van der Waals surface area contributed by atoms with Crippen molar-refractivity contribution in [3.05, 3.63) is 91.6 Å². The number of rotatable bonds is 12. The monoisotopic (exact) mass is 731 g/mol. The Kier molecular flexibility index (Phi) is 11.3. The number of pyridine rings is 1. The molecular weight excluding hydrogens is 692 g/mol. The highest BCUT2D eigenvalue weighted by Crippen LogP contribution is 2.38. The van der Waals surface area contributed by atoms with E-state index in [1.807, 2.05) is 4.90 Å². The van der Waals surface area contributed by atoms with Crippen LogP contribution in [0.5, 0.6) is 0 Å². The molecule has 0 radical (unpaired) electrons. The molecule has 8 nitrogen and oxygen atoms in total. The summed E-state index contributed by atoms with van der Waals surface area (Å²) in [6.45, 7) is 7.67. The van der Waals surface area contributed by atoms with E-state index in [-0.39, 0.29) is 65.3 Å². The SMILES string of the molecule is C#Cc1cc(-c2c(C)cc(F)cc2C)c(F)c([C@H](CC(=O)O)NC(=O)[C@@H](CC(C)C)n2cc(CCN3C[C@@H]4C[C@H]3CO4)c(C(F)(F)F)cc2=O)c1F. The summed E-state index contributed by atoms with van der Waals surface area (Å²) in [5, 5.41) is 12.2. The van der Waals surface area contributed by atoms with E-state index in [0.717, 1.165) is 35.4 Å². The van der Waals surface area contributed by atoms with Gasteiger partial charge in [0.15, 0.2) is 0 Å². The van der Waals surface area contributed by atoms with Gasteiger partial charge >= 0.3 is 12.1 Å². The van der Waals surface area contributed by atoms with Gasteiger partial charge in [-0.2, -0.15) is 13.2 Å². The molecule has 2 saturated heterocycles. The van der Waals surface area contributed by atoms with Crippen molar-refractivity contribution in [3.63, 3.8) is 0 Å². The summed E-state index contributed by atoms with van der Waals surface area (Å²) in [6, 6.07) is 0.418. The number of alkyl halides is 3. The van der Waals surface area contributed by atoms with E-state index < -0.39 is 76.3 Å². The summed E-state index contributed by atoms with van der Waals surface area (Å²) in [7, 11) is 0. The van der Waals surface area contributed by atoms with Gasteiger partial charge in [0.1, 0.15) is 23.5 Å². The minimum atomic E-state index is -4.88. The number of morpholine rings is 1. The summed E-state index contributed by atoms with van der Waals surface area (Å²) >= 11 is 0. The lowest BCUT2D eigenvalue weighted by atomic mass is 9.89. The zero-order valence-electron chi connectivity index (χ0n) is 29.0. The van der Waals surface area contributed by atoms with Gasteiger partial charge in [-0.25, -0.2) is 13.2 Å². The molecule has 0 unspecified atom stereocenters. The molecule has 278 valence electrons. The fraction of sp³-hybridized carbons (Fsp3) is 0.447. The molecule has 5 rings (SSSR count). The van der Waals surface area contributed by atoms with Crippen molar-refractivity contribution < 1.29 is 45.8 Å². The van der Waals surface area contributed by atoms with Gasteiger partial charge < -0.3 is 19.7 Å². The van der Waals surface area contributed by atoms with Crippen molar-refractivity contribution in [1.29, 1.82) is 0 Å². The predicted octanol–water partition coefficient (Wildman–Crippen LogP) is 6.48. The van der Waals surface area contributed by atoms with Crippen LogP contribution < -0.4 is 10.9 Å². The maximum atomic E-state index is 16.5. The Hall–Kier alpha value is -4.61. The van der Waals surface area contributed by atoms with Crippen LogP contribution in [-0.2, 0) is 26.9 Å². The number of aromatic nitrogens is 1. The molecule has 2 bridgehead atoms. The van der Waals surface area contributed by atoms with Crippen LogP contribution in [0.4, 0.5) is 26.3 Å². The van der Waals surface area contributed by atoms with E-state index in [2.05, 4.69) is 11.2 Å². The van der Waals surface area contributed by atoms with Crippen LogP contribution in [0.3, 0.4) is 0 Å². The standard InChI is InChI=1S/C38H39F6N3O5/c1-6-22-12-27(33-20(4)10-24(39)11-21(33)5)36(41)34(35(22)40)29(15-32(49)50)45-37(51)30(9-19(2)3)47-16-23(28(14-31(47)48)38(42,43)44)7-8-46-17-26-13-25(46)18-52-26/h1,10-12,14,16,19,25-26,29-30H,7-9,13,15,17-18H2,2-5H3,(H,45,51)(H,49,50)/t25-,26-,29-,30+/m0/s1. The molecule has 3 heterocycles. The molecule has 1 amide bonds. The van der Waals surface area contributed by atoms with E-state index in [1.54, 1.807) is 13.8 Å². The van der Waals surface area contributed by atoms with Crippen LogP contribution in [-0.4, -0.2) is 58.3 Å². The van der Waals surface area contributed by atoms with E-state index in [1.165, 1.54) is 13.8 Å². The first-order valence-electron chi connectivity index (χ1n) is 16.8.